The highest BCUT2D eigenvalue weighted by molar-refractivity contribution is 7.60. The van der Waals surface area contributed by atoms with E-state index in [0.29, 0.717) is 59.3 Å². The molecule has 20 heteroatoms. The summed E-state index contributed by atoms with van der Waals surface area (Å²) in [7, 11) is -9.09. The van der Waals surface area contributed by atoms with Crippen LogP contribution in [-0.2, 0) is 14.5 Å². The average Bonchev–Trinajstić information content (AvgIpc) is 3.93. The van der Waals surface area contributed by atoms with Gasteiger partial charge in [0.15, 0.2) is 16.8 Å². The average molecular weight is 961 g/mol. The molecule has 5 N–H and O–H groups in total. The zero-order valence-corrected chi connectivity index (χ0v) is 41.1. The fraction of sp³-hybridized carbons (Fsp3) is 0.239. The number of nitrogens with one attached hydrogen (secondary N) is 1. The van der Waals surface area contributed by atoms with Crippen LogP contribution in [0.5, 0.6) is 0 Å². The Morgan fingerprint density at radius 1 is 0.712 bits per heavy atom. The van der Waals surface area contributed by atoms with Crippen LogP contribution in [0.1, 0.15) is 71.0 Å². The Morgan fingerprint density at radius 3 is 1.80 bits per heavy atom. The third-order valence-electron chi connectivity index (χ3n) is 10.9. The second-order valence-electron chi connectivity index (χ2n) is 17.4. The lowest BCUT2D eigenvalue weighted by atomic mass is 9.90. The van der Waals surface area contributed by atoms with E-state index in [1.807, 2.05) is 80.2 Å². The van der Waals surface area contributed by atoms with Crippen molar-refractivity contribution in [2.75, 3.05) is 10.2 Å². The molecule has 4 heterocycles. The van der Waals surface area contributed by atoms with Crippen molar-refractivity contribution < 1.29 is 28.7 Å². The Bertz CT molecular complexity index is 3420. The second-order valence-corrected chi connectivity index (χ2v) is 22.6. The fourth-order valence-electron chi connectivity index (χ4n) is 8.02. The zero-order valence-electron chi connectivity index (χ0n) is 37.7. The van der Waals surface area contributed by atoms with Gasteiger partial charge in [0.1, 0.15) is 23.1 Å². The number of nitriles is 1. The van der Waals surface area contributed by atoms with Crippen molar-refractivity contribution in [2.45, 2.75) is 74.7 Å². The maximum absolute atomic E-state index is 12.3. The summed E-state index contributed by atoms with van der Waals surface area (Å²) in [5.41, 5.74) is 9.68. The fourth-order valence-corrected chi connectivity index (χ4v) is 11.3. The highest BCUT2D eigenvalue weighted by Gasteiger charge is 2.31. The van der Waals surface area contributed by atoms with Gasteiger partial charge in [-0.05, 0) is 119 Å². The number of thiazole rings is 2. The largest absolute Gasteiger partial charge is 0.356 e. The van der Waals surface area contributed by atoms with Gasteiger partial charge in [0, 0.05) is 11.1 Å². The minimum absolute atomic E-state index is 0.102. The number of benzene rings is 4. The molecule has 0 fully saturated rings. The molecule has 0 radical (unpaired) electrons. The van der Waals surface area contributed by atoms with E-state index in [4.69, 9.17) is 30.3 Å². The van der Waals surface area contributed by atoms with E-state index in [-0.39, 0.29) is 22.0 Å². The molecule has 0 aliphatic carbocycles. The molecule has 0 aliphatic heterocycles. The molecule has 8 aromatic rings. The Hall–Kier alpha value is -5.99. The van der Waals surface area contributed by atoms with Gasteiger partial charge in [-0.1, -0.05) is 78.8 Å². The lowest BCUT2D eigenvalue weighted by Crippen LogP contribution is -2.15. The van der Waals surface area contributed by atoms with Crippen LogP contribution in [-0.4, -0.2) is 44.3 Å². The lowest BCUT2D eigenvalue weighted by Gasteiger charge is -2.27. The van der Waals surface area contributed by atoms with Gasteiger partial charge < -0.3 is 24.9 Å². The van der Waals surface area contributed by atoms with E-state index in [0.717, 1.165) is 56.1 Å². The minimum Gasteiger partial charge on any atom is -0.338 e. The maximum atomic E-state index is 12.3. The second kappa shape index (κ2) is 17.0. The van der Waals surface area contributed by atoms with E-state index in [1.165, 1.54) is 46.4 Å². The van der Waals surface area contributed by atoms with Crippen molar-refractivity contribution in [2.24, 2.45) is 10.2 Å². The van der Waals surface area contributed by atoms with Gasteiger partial charge in [0.05, 0.1) is 42.4 Å². The summed E-state index contributed by atoms with van der Waals surface area (Å²) in [4.78, 5) is 56.7. The number of aromatic nitrogens is 5. The summed E-state index contributed by atoms with van der Waals surface area (Å²) in [6.07, 6.45) is 0. The van der Waals surface area contributed by atoms with Crippen molar-refractivity contribution >= 4 is 109 Å². The Balaban J connectivity index is 1.36. The molecule has 0 bridgehead atoms. The van der Waals surface area contributed by atoms with E-state index in [2.05, 4.69) is 35.7 Å². The molecule has 0 saturated heterocycles. The van der Waals surface area contributed by atoms with Gasteiger partial charge in [0.2, 0.25) is 5.13 Å². The van der Waals surface area contributed by atoms with Crippen molar-refractivity contribution in [1.82, 2.24) is 24.7 Å². The van der Waals surface area contributed by atoms with Crippen LogP contribution in [0.25, 0.3) is 25.6 Å². The Morgan fingerprint density at radius 2 is 1.26 bits per heavy atom. The highest BCUT2D eigenvalue weighted by Crippen LogP contribution is 2.46. The van der Waals surface area contributed by atoms with Crippen LogP contribution < -0.4 is 20.8 Å². The molecule has 0 amide bonds. The number of rotatable bonds is 10. The first kappa shape index (κ1) is 46.5. The zero-order chi connectivity index (χ0) is 47.8. The topological polar surface area (TPSA) is 235 Å². The predicted octanol–water partition coefficient (Wildman–Crippen LogP) is 11.0. The minimum atomic E-state index is -4.54. The smallest absolute Gasteiger partial charge is 0.338 e. The summed E-state index contributed by atoms with van der Waals surface area (Å²) in [6, 6.07) is 21.2. The van der Waals surface area contributed by atoms with Crippen LogP contribution >= 0.6 is 37.9 Å². The van der Waals surface area contributed by atoms with E-state index < -0.39 is 20.6 Å². The number of hydrogen-bond acceptors (Lipinski definition) is 13. The molecule has 16 nitrogen and oxygen atoms in total. The molecule has 0 atom stereocenters. The molecule has 66 heavy (non-hydrogen) atoms. The number of nitrogens with zero attached hydrogens (tertiary/aromatic N) is 9. The van der Waals surface area contributed by atoms with E-state index in [9.17, 15) is 34.0 Å². The first-order valence-corrected chi connectivity index (χ1v) is 25.4. The molecule has 8 rings (SSSR count). The van der Waals surface area contributed by atoms with Crippen LogP contribution in [0.4, 0.5) is 39.6 Å². The summed E-state index contributed by atoms with van der Waals surface area (Å²) in [5, 5.41) is 29.3. The maximum Gasteiger partial charge on any atom is 0.356 e. The van der Waals surface area contributed by atoms with Crippen molar-refractivity contribution in [3.8, 4) is 11.2 Å². The van der Waals surface area contributed by atoms with E-state index >= 15 is 0 Å². The van der Waals surface area contributed by atoms with Crippen molar-refractivity contribution in [1.29, 1.82) is 5.26 Å². The van der Waals surface area contributed by atoms with Crippen LogP contribution in [0.3, 0.4) is 0 Å². The van der Waals surface area contributed by atoms with Gasteiger partial charge in [-0.15, -0.1) is 10.2 Å². The van der Waals surface area contributed by atoms with Crippen LogP contribution in [0.2, 0.25) is 0 Å². The molecule has 0 saturated carbocycles. The number of azo groups is 1. The molecule has 0 unspecified atom stereocenters. The summed E-state index contributed by atoms with van der Waals surface area (Å²) in [6.45, 7) is 19.8. The lowest BCUT2D eigenvalue weighted by molar-refractivity contribution is 0.385. The molecule has 4 aromatic carbocycles. The van der Waals surface area contributed by atoms with Crippen molar-refractivity contribution in [3.05, 3.63) is 117 Å². The third kappa shape index (κ3) is 8.97. The third-order valence-corrected chi connectivity index (χ3v) is 14.8. The SMILES string of the molecule is Cc1cc(C)c(Nc2nc(N(c3nc4ccc(P(=O)(O)O)cc4s3)c3c(C)cc(C)cc3C)cc(C)c2N=Nc2c(C#N)c(C(C)(C)C)nn2-c2nc3ccc(P(=O)(O)O)cc3s2)c(C)c1. The first-order chi connectivity index (χ1) is 30.9. The summed E-state index contributed by atoms with van der Waals surface area (Å²) >= 11 is 2.42. The number of fused-ring (bicyclic) bond motifs is 2. The Kier molecular flexibility index (Phi) is 12.0. The van der Waals surface area contributed by atoms with Gasteiger partial charge >= 0.3 is 15.2 Å². The van der Waals surface area contributed by atoms with Gasteiger partial charge in [-0.25, -0.2) is 15.0 Å². The van der Waals surface area contributed by atoms with Crippen LogP contribution in [0, 0.1) is 59.8 Å². The van der Waals surface area contributed by atoms with Gasteiger partial charge in [-0.3, -0.25) is 14.0 Å². The molecule has 0 aliphatic rings. The monoisotopic (exact) mass is 960 g/mol. The Labute approximate surface area is 388 Å². The normalized spacial score (nSPS) is 12.4. The highest BCUT2D eigenvalue weighted by atomic mass is 32.1. The quantitative estimate of drug-likeness (QED) is 0.0634. The molecular weight excluding hydrogens is 915 g/mol. The molecule has 0 spiro atoms. The summed E-state index contributed by atoms with van der Waals surface area (Å²) in [5.74, 6) is 0.916. The number of anilines is 5. The molecular formula is C46H46N10O6P2S2. The first-order valence-electron chi connectivity index (χ1n) is 20.5. The number of hydrogen-bond donors (Lipinski definition) is 5. The number of aryl methyl sites for hydroxylation is 7. The van der Waals surface area contributed by atoms with Gasteiger partial charge in [-0.2, -0.15) is 15.0 Å². The molecule has 338 valence electrons. The molecule has 4 aromatic heterocycles. The van der Waals surface area contributed by atoms with Crippen molar-refractivity contribution in [3.63, 3.8) is 0 Å². The summed E-state index contributed by atoms with van der Waals surface area (Å²) < 4.78 is 26.9. The number of pyridine rings is 1. The standard InChI is InChI=1S/C46H46N10O6P2S2/c1-23-15-25(3)38(26(4)16-23)51-42-39(52-53-43-32(22-47)41(46(8,9)10)54-56(43)45-49-34-14-12-31(64(60,61)62)21-36(34)66-45)27(5)19-37(50-42)55(40-28(6)17-24(2)18-29(40)7)44-48-33-13-11-30(63(57,58)59)20-35(33)65-44/h11-21H,1-10H3,(H,50,51)(H2,57,58,59)(H2,60,61,62). The van der Waals surface area contributed by atoms with Crippen LogP contribution in [0.15, 0.2) is 77.0 Å². The van der Waals surface area contributed by atoms with E-state index in [1.54, 1.807) is 6.07 Å². The predicted molar refractivity (Wildman–Crippen MR) is 263 cm³/mol. The van der Waals surface area contributed by atoms with Gasteiger partial charge in [0.25, 0.3) is 0 Å².